The Balaban J connectivity index is 4.12. The van der Waals surface area contributed by atoms with Gasteiger partial charge >= 0.3 is 0 Å². The van der Waals surface area contributed by atoms with Crippen molar-refractivity contribution in [3.8, 4) is 0 Å². The molecule has 0 aliphatic heterocycles. The minimum absolute atomic E-state index is 0.140. The highest BCUT2D eigenvalue weighted by atomic mass is 35.5. The third-order valence-electron chi connectivity index (χ3n) is 0.924. The van der Waals surface area contributed by atoms with Crippen molar-refractivity contribution in [1.29, 1.82) is 0 Å². The van der Waals surface area contributed by atoms with Crippen LogP contribution < -0.4 is 0 Å². The average Bonchev–Trinajstić information content (AvgIpc) is 1.80. The molecule has 0 radical (unpaired) electrons. The van der Waals surface area contributed by atoms with E-state index >= 15 is 0 Å². The lowest BCUT2D eigenvalue weighted by Gasteiger charge is -2.22. The quantitative estimate of drug-likeness (QED) is 0.395. The van der Waals surface area contributed by atoms with E-state index in [0.29, 0.717) is 5.76 Å². The summed E-state index contributed by atoms with van der Waals surface area (Å²) >= 11 is 11.3. The van der Waals surface area contributed by atoms with Gasteiger partial charge in [-0.3, -0.25) is 0 Å². The molecule has 1 unspecified atom stereocenters. The average molecular weight is 213 g/mol. The van der Waals surface area contributed by atoms with Crippen molar-refractivity contribution in [1.82, 2.24) is 0 Å². The molecule has 0 rings (SSSR count). The summed E-state index contributed by atoms with van der Waals surface area (Å²) in [4.78, 5) is 0. The summed E-state index contributed by atoms with van der Waals surface area (Å²) in [5.41, 5.74) is 1.41. The van der Waals surface area contributed by atoms with Crippen molar-refractivity contribution in [2.45, 2.75) is 31.9 Å². The molecule has 0 aliphatic carbocycles. The number of halogens is 2. The van der Waals surface area contributed by atoms with Gasteiger partial charge in [-0.1, -0.05) is 11.6 Å². The highest BCUT2D eigenvalue weighted by molar-refractivity contribution is 6.70. The van der Waals surface area contributed by atoms with Crippen LogP contribution >= 0.6 is 23.2 Å². The van der Waals surface area contributed by atoms with Gasteiger partial charge in [0.05, 0.1) is 5.38 Å². The molecular weight excluding hydrogens is 199 g/mol. The second-order valence-electron chi connectivity index (χ2n) is 3.34. The van der Waals surface area contributed by atoms with Crippen LogP contribution in [0.15, 0.2) is 11.3 Å². The smallest absolute Gasteiger partial charge is 0.241 e. The van der Waals surface area contributed by atoms with Crippen LogP contribution in [0.1, 0.15) is 6.92 Å². The molecule has 0 heterocycles. The van der Waals surface area contributed by atoms with Gasteiger partial charge in [-0.15, -0.1) is 11.6 Å². The van der Waals surface area contributed by atoms with E-state index in [2.05, 4.69) is 19.6 Å². The Morgan fingerprint density at radius 3 is 2.00 bits per heavy atom. The van der Waals surface area contributed by atoms with E-state index in [1.54, 1.807) is 0 Å². The Labute approximate surface area is 79.5 Å². The molecule has 4 heteroatoms. The lowest BCUT2D eigenvalue weighted by molar-refractivity contribution is 0.409. The topological polar surface area (TPSA) is 9.23 Å². The van der Waals surface area contributed by atoms with E-state index in [4.69, 9.17) is 27.6 Å². The second kappa shape index (κ2) is 4.38. The molecular formula is C7H14Cl2OSi. The Hall–Kier alpha value is 0.337. The molecule has 0 saturated heterocycles. The monoisotopic (exact) mass is 212 g/mol. The van der Waals surface area contributed by atoms with Crippen molar-refractivity contribution in [2.75, 3.05) is 0 Å². The number of alkyl halides is 1. The number of hydrogen-bond donors (Lipinski definition) is 0. The Morgan fingerprint density at radius 1 is 1.45 bits per heavy atom. The maximum atomic E-state index is 5.79. The standard InChI is InChI=1S/C7H14Cl2OSi/c1-6(9)7(5-8)10-11(2,3)4/h5-6H,1-4H3. The van der Waals surface area contributed by atoms with Crippen LogP contribution in [0.2, 0.25) is 19.6 Å². The van der Waals surface area contributed by atoms with E-state index in [-0.39, 0.29) is 5.38 Å². The van der Waals surface area contributed by atoms with Crippen LogP contribution in [0.5, 0.6) is 0 Å². The zero-order chi connectivity index (χ0) is 9.07. The summed E-state index contributed by atoms with van der Waals surface area (Å²) in [6.07, 6.45) is 0. The van der Waals surface area contributed by atoms with Crippen LogP contribution in [0.4, 0.5) is 0 Å². The van der Waals surface area contributed by atoms with Gasteiger partial charge in [0.25, 0.3) is 0 Å². The maximum Gasteiger partial charge on any atom is 0.241 e. The normalized spacial score (nSPS) is 16.4. The molecule has 0 spiro atoms. The molecule has 0 N–H and O–H groups in total. The SMILES string of the molecule is CC(Cl)C(=CCl)O[Si](C)(C)C. The van der Waals surface area contributed by atoms with Gasteiger partial charge in [0.1, 0.15) is 5.76 Å². The molecule has 0 amide bonds. The van der Waals surface area contributed by atoms with Crippen LogP contribution in [0.3, 0.4) is 0 Å². The molecule has 11 heavy (non-hydrogen) atoms. The van der Waals surface area contributed by atoms with Gasteiger partial charge in [-0.05, 0) is 26.6 Å². The van der Waals surface area contributed by atoms with E-state index in [0.717, 1.165) is 0 Å². The van der Waals surface area contributed by atoms with Crippen molar-refractivity contribution >= 4 is 31.5 Å². The van der Waals surface area contributed by atoms with Crippen molar-refractivity contribution in [2.24, 2.45) is 0 Å². The highest BCUT2D eigenvalue weighted by Gasteiger charge is 2.19. The Morgan fingerprint density at radius 2 is 1.91 bits per heavy atom. The van der Waals surface area contributed by atoms with E-state index in [1.807, 2.05) is 6.92 Å². The fourth-order valence-electron chi connectivity index (χ4n) is 0.544. The molecule has 0 aromatic heterocycles. The summed E-state index contributed by atoms with van der Waals surface area (Å²) in [7, 11) is -1.54. The minimum atomic E-state index is -1.54. The zero-order valence-electron chi connectivity index (χ0n) is 7.32. The molecule has 0 saturated carbocycles. The lowest BCUT2D eigenvalue weighted by Crippen LogP contribution is -2.26. The van der Waals surface area contributed by atoms with Gasteiger partial charge in [-0.25, -0.2) is 0 Å². The number of hydrogen-bond acceptors (Lipinski definition) is 1. The van der Waals surface area contributed by atoms with Gasteiger partial charge in [0.15, 0.2) is 0 Å². The van der Waals surface area contributed by atoms with Crippen LogP contribution in [-0.4, -0.2) is 13.7 Å². The van der Waals surface area contributed by atoms with Gasteiger partial charge in [0, 0.05) is 5.54 Å². The van der Waals surface area contributed by atoms with Crippen molar-refractivity contribution in [3.05, 3.63) is 11.3 Å². The molecule has 1 atom stereocenters. The zero-order valence-corrected chi connectivity index (χ0v) is 9.83. The van der Waals surface area contributed by atoms with Crippen molar-refractivity contribution < 1.29 is 4.43 Å². The summed E-state index contributed by atoms with van der Waals surface area (Å²) in [5, 5.41) is -0.140. The maximum absolute atomic E-state index is 5.79. The van der Waals surface area contributed by atoms with Crippen molar-refractivity contribution in [3.63, 3.8) is 0 Å². The molecule has 0 aliphatic rings. The largest absolute Gasteiger partial charge is 0.546 e. The first kappa shape index (κ1) is 11.3. The Kier molecular flexibility index (Phi) is 4.52. The summed E-state index contributed by atoms with van der Waals surface area (Å²) < 4.78 is 5.58. The fourth-order valence-corrected chi connectivity index (χ4v) is 2.04. The third kappa shape index (κ3) is 5.59. The minimum Gasteiger partial charge on any atom is -0.546 e. The first-order chi connectivity index (χ1) is 4.87. The fraction of sp³-hybridized carbons (Fsp3) is 0.714. The van der Waals surface area contributed by atoms with Crippen LogP contribution in [0, 0.1) is 0 Å². The van der Waals surface area contributed by atoms with Gasteiger partial charge < -0.3 is 4.43 Å². The highest BCUT2D eigenvalue weighted by Crippen LogP contribution is 2.17. The molecule has 1 nitrogen and oxygen atoms in total. The molecule has 0 fully saturated rings. The van der Waals surface area contributed by atoms with Crippen LogP contribution in [0.25, 0.3) is 0 Å². The van der Waals surface area contributed by atoms with Crippen LogP contribution in [-0.2, 0) is 4.43 Å². The second-order valence-corrected chi connectivity index (χ2v) is 8.64. The van der Waals surface area contributed by atoms with E-state index < -0.39 is 8.32 Å². The summed E-state index contributed by atoms with van der Waals surface area (Å²) in [6, 6.07) is 0. The summed E-state index contributed by atoms with van der Waals surface area (Å²) in [5.74, 6) is 0.674. The first-order valence-corrected chi connectivity index (χ1v) is 7.78. The number of rotatable bonds is 3. The van der Waals surface area contributed by atoms with Gasteiger partial charge in [0.2, 0.25) is 8.32 Å². The third-order valence-corrected chi connectivity index (χ3v) is 2.20. The first-order valence-electron chi connectivity index (χ1n) is 3.50. The molecule has 0 aromatic carbocycles. The lowest BCUT2D eigenvalue weighted by atomic mass is 10.4. The molecule has 0 aromatic rings. The molecule has 66 valence electrons. The Bertz CT molecular complexity index is 149. The van der Waals surface area contributed by atoms with Gasteiger partial charge in [-0.2, -0.15) is 0 Å². The number of allylic oxidation sites excluding steroid dienone is 1. The summed E-state index contributed by atoms with van der Waals surface area (Å²) in [6.45, 7) is 8.11. The van der Waals surface area contributed by atoms with E-state index in [1.165, 1.54) is 5.54 Å². The van der Waals surface area contributed by atoms with E-state index in [9.17, 15) is 0 Å². The predicted octanol–water partition coefficient (Wildman–Crippen LogP) is 3.55. The predicted molar refractivity (Wildman–Crippen MR) is 53.7 cm³/mol. The molecule has 0 bridgehead atoms.